The molecular weight excluding hydrogens is 426 g/mol. The van der Waals surface area contributed by atoms with E-state index in [1.54, 1.807) is 24.4 Å². The van der Waals surface area contributed by atoms with E-state index in [0.717, 1.165) is 27.9 Å². The van der Waals surface area contributed by atoms with Crippen molar-refractivity contribution in [2.75, 3.05) is 19.4 Å². The zero-order valence-electron chi connectivity index (χ0n) is 18.2. The molecule has 0 radical (unpaired) electrons. The van der Waals surface area contributed by atoms with Gasteiger partial charge in [-0.25, -0.2) is 17.7 Å². The molecule has 2 heterocycles. The molecule has 0 saturated carbocycles. The fraction of sp³-hybridized carbons (Fsp3) is 0.261. The summed E-state index contributed by atoms with van der Waals surface area (Å²) in [6.07, 6.45) is 2.41. The number of hydrogen-bond acceptors (Lipinski definition) is 5. The molecule has 1 N–H and O–H groups in total. The molecule has 9 heteroatoms. The van der Waals surface area contributed by atoms with Gasteiger partial charge in [-0.2, -0.15) is 0 Å². The molecule has 2 aromatic carbocycles. The van der Waals surface area contributed by atoms with Gasteiger partial charge in [-0.15, -0.1) is 0 Å². The SMILES string of the molecule is CCn1c(CCC(=O)Nc2cccc3ncccc23)nc2cc(S(=O)(=O)N(C)C)ccc21. The number of aryl methyl sites for hydroxylation is 2. The minimum atomic E-state index is -3.54. The first-order valence-electron chi connectivity index (χ1n) is 10.4. The summed E-state index contributed by atoms with van der Waals surface area (Å²) in [4.78, 5) is 21.8. The quantitative estimate of drug-likeness (QED) is 0.464. The number of amides is 1. The zero-order valence-corrected chi connectivity index (χ0v) is 19.1. The maximum Gasteiger partial charge on any atom is 0.242 e. The van der Waals surface area contributed by atoms with Crippen molar-refractivity contribution in [3.05, 3.63) is 60.6 Å². The molecule has 2 aromatic heterocycles. The Balaban J connectivity index is 1.55. The van der Waals surface area contributed by atoms with E-state index >= 15 is 0 Å². The largest absolute Gasteiger partial charge is 0.328 e. The van der Waals surface area contributed by atoms with Crippen LogP contribution in [0.2, 0.25) is 0 Å². The van der Waals surface area contributed by atoms with E-state index in [4.69, 9.17) is 0 Å². The van der Waals surface area contributed by atoms with Crippen molar-refractivity contribution in [3.8, 4) is 0 Å². The summed E-state index contributed by atoms with van der Waals surface area (Å²) in [5.74, 6) is 0.628. The Morgan fingerprint density at radius 1 is 1.09 bits per heavy atom. The van der Waals surface area contributed by atoms with Gasteiger partial charge in [0.25, 0.3) is 0 Å². The summed E-state index contributed by atoms with van der Waals surface area (Å²) in [6.45, 7) is 2.67. The number of pyridine rings is 1. The molecular formula is C23H25N5O3S. The second-order valence-corrected chi connectivity index (χ2v) is 9.79. The van der Waals surface area contributed by atoms with Crippen LogP contribution in [-0.2, 0) is 27.8 Å². The van der Waals surface area contributed by atoms with Crippen LogP contribution >= 0.6 is 0 Å². The number of hydrogen-bond donors (Lipinski definition) is 1. The Morgan fingerprint density at radius 2 is 1.91 bits per heavy atom. The average Bonchev–Trinajstić information content (AvgIpc) is 3.14. The van der Waals surface area contributed by atoms with Crippen LogP contribution in [0.3, 0.4) is 0 Å². The Hall–Kier alpha value is -3.30. The summed E-state index contributed by atoms with van der Waals surface area (Å²) in [6, 6.07) is 14.3. The molecule has 0 bridgehead atoms. The highest BCUT2D eigenvalue weighted by Crippen LogP contribution is 2.24. The number of nitrogens with zero attached hydrogens (tertiary/aromatic N) is 4. The van der Waals surface area contributed by atoms with E-state index in [9.17, 15) is 13.2 Å². The number of fused-ring (bicyclic) bond motifs is 2. The highest BCUT2D eigenvalue weighted by atomic mass is 32.2. The Kier molecular flexibility index (Phi) is 5.94. The van der Waals surface area contributed by atoms with E-state index in [2.05, 4.69) is 15.3 Å². The van der Waals surface area contributed by atoms with Crippen molar-refractivity contribution in [3.63, 3.8) is 0 Å². The lowest BCUT2D eigenvalue weighted by atomic mass is 10.1. The van der Waals surface area contributed by atoms with E-state index in [0.29, 0.717) is 18.5 Å². The third-order valence-corrected chi connectivity index (χ3v) is 7.20. The molecule has 4 aromatic rings. The lowest BCUT2D eigenvalue weighted by Crippen LogP contribution is -2.22. The maximum atomic E-state index is 12.7. The highest BCUT2D eigenvalue weighted by Gasteiger charge is 2.20. The Morgan fingerprint density at radius 3 is 2.66 bits per heavy atom. The highest BCUT2D eigenvalue weighted by molar-refractivity contribution is 7.89. The standard InChI is InChI=1S/C23H25N5O3S/c1-4-28-21-11-10-16(32(30,31)27(2)3)15-20(21)25-22(28)12-13-23(29)26-19-9-5-8-18-17(19)7-6-14-24-18/h5-11,14-15H,4,12-13H2,1-3H3,(H,26,29). The molecule has 4 rings (SSSR count). The molecule has 0 aliphatic carbocycles. The molecule has 0 aliphatic heterocycles. The van der Waals surface area contributed by atoms with Gasteiger partial charge in [0.05, 0.1) is 27.1 Å². The average molecular weight is 452 g/mol. The molecule has 1 amide bonds. The predicted octanol–water partition coefficient (Wildman–Crippen LogP) is 3.43. The van der Waals surface area contributed by atoms with Crippen molar-refractivity contribution < 1.29 is 13.2 Å². The van der Waals surface area contributed by atoms with Crippen LogP contribution < -0.4 is 5.32 Å². The summed E-state index contributed by atoms with van der Waals surface area (Å²) in [5, 5.41) is 3.85. The fourth-order valence-electron chi connectivity index (χ4n) is 3.72. The first kappa shape index (κ1) is 21.9. The van der Waals surface area contributed by atoms with Gasteiger partial charge in [0.1, 0.15) is 5.82 Å². The second-order valence-electron chi connectivity index (χ2n) is 7.63. The number of aromatic nitrogens is 3. The van der Waals surface area contributed by atoms with E-state index in [1.165, 1.54) is 18.4 Å². The van der Waals surface area contributed by atoms with Crippen LogP contribution in [0.5, 0.6) is 0 Å². The number of rotatable bonds is 7. The van der Waals surface area contributed by atoms with Gasteiger partial charge < -0.3 is 9.88 Å². The normalized spacial score (nSPS) is 12.0. The minimum Gasteiger partial charge on any atom is -0.328 e. The van der Waals surface area contributed by atoms with Crippen molar-refractivity contribution in [2.24, 2.45) is 0 Å². The Bertz CT molecular complexity index is 1400. The molecule has 166 valence electrons. The first-order valence-corrected chi connectivity index (χ1v) is 11.8. The van der Waals surface area contributed by atoms with Crippen LogP contribution in [0.1, 0.15) is 19.2 Å². The summed E-state index contributed by atoms with van der Waals surface area (Å²) in [7, 11) is -0.542. The predicted molar refractivity (Wildman–Crippen MR) is 125 cm³/mol. The topological polar surface area (TPSA) is 97.2 Å². The monoisotopic (exact) mass is 451 g/mol. The zero-order chi connectivity index (χ0) is 22.9. The van der Waals surface area contributed by atoms with Crippen molar-refractivity contribution in [1.29, 1.82) is 0 Å². The van der Waals surface area contributed by atoms with Crippen LogP contribution in [0, 0.1) is 0 Å². The molecule has 0 atom stereocenters. The van der Waals surface area contributed by atoms with Crippen molar-refractivity contribution in [2.45, 2.75) is 31.2 Å². The fourth-order valence-corrected chi connectivity index (χ4v) is 4.65. The molecule has 0 fully saturated rings. The van der Waals surface area contributed by atoms with Crippen LogP contribution in [0.25, 0.3) is 21.9 Å². The number of benzene rings is 2. The number of imidazole rings is 1. The molecule has 0 unspecified atom stereocenters. The van der Waals surface area contributed by atoms with Crippen molar-refractivity contribution in [1.82, 2.24) is 18.8 Å². The molecule has 0 aliphatic rings. The first-order chi connectivity index (χ1) is 15.3. The van der Waals surface area contributed by atoms with E-state index < -0.39 is 10.0 Å². The third kappa shape index (κ3) is 4.09. The van der Waals surface area contributed by atoms with Crippen LogP contribution in [0.15, 0.2) is 59.6 Å². The van der Waals surface area contributed by atoms with Gasteiger partial charge in [0, 0.05) is 45.1 Å². The Labute approximate surface area is 186 Å². The molecule has 8 nitrogen and oxygen atoms in total. The third-order valence-electron chi connectivity index (χ3n) is 5.39. The lowest BCUT2D eigenvalue weighted by Gasteiger charge is -2.11. The van der Waals surface area contributed by atoms with Gasteiger partial charge >= 0.3 is 0 Å². The van der Waals surface area contributed by atoms with Crippen LogP contribution in [0.4, 0.5) is 5.69 Å². The molecule has 0 saturated heterocycles. The summed E-state index contributed by atoms with van der Waals surface area (Å²) in [5.41, 5.74) is 3.00. The number of anilines is 1. The number of nitrogens with one attached hydrogen (secondary N) is 1. The number of carbonyl (C=O) groups excluding carboxylic acids is 1. The summed E-state index contributed by atoms with van der Waals surface area (Å²) < 4.78 is 28.1. The maximum absolute atomic E-state index is 12.7. The number of sulfonamides is 1. The molecule has 32 heavy (non-hydrogen) atoms. The van der Waals surface area contributed by atoms with Gasteiger partial charge in [-0.05, 0) is 49.4 Å². The van der Waals surface area contributed by atoms with Gasteiger partial charge in [0.15, 0.2) is 0 Å². The van der Waals surface area contributed by atoms with Crippen LogP contribution in [-0.4, -0.2) is 47.3 Å². The van der Waals surface area contributed by atoms with E-state index in [-0.39, 0.29) is 17.2 Å². The number of carbonyl (C=O) groups is 1. The van der Waals surface area contributed by atoms with Gasteiger partial charge in [-0.3, -0.25) is 9.78 Å². The van der Waals surface area contributed by atoms with Gasteiger partial charge in [0.2, 0.25) is 15.9 Å². The van der Waals surface area contributed by atoms with E-state index in [1.807, 2.05) is 41.8 Å². The smallest absolute Gasteiger partial charge is 0.242 e. The molecule has 0 spiro atoms. The lowest BCUT2D eigenvalue weighted by molar-refractivity contribution is -0.116. The minimum absolute atomic E-state index is 0.119. The summed E-state index contributed by atoms with van der Waals surface area (Å²) >= 11 is 0. The van der Waals surface area contributed by atoms with Gasteiger partial charge in [-0.1, -0.05) is 6.07 Å². The second kappa shape index (κ2) is 8.68. The van der Waals surface area contributed by atoms with Crippen molar-refractivity contribution >= 4 is 43.6 Å².